The Morgan fingerprint density at radius 2 is 1.74 bits per heavy atom. The van der Waals surface area contributed by atoms with Crippen LogP contribution in [-0.2, 0) is 0 Å². The van der Waals surface area contributed by atoms with Gasteiger partial charge in [0.2, 0.25) is 0 Å². The topological polar surface area (TPSA) is 72.5 Å². The molecule has 138 valence electrons. The highest BCUT2D eigenvalue weighted by molar-refractivity contribution is 6.31. The minimum Gasteiger partial charge on any atom is -0.493 e. The average molecular weight is 384 g/mol. The molecule has 1 amide bonds. The van der Waals surface area contributed by atoms with Gasteiger partial charge in [0.15, 0.2) is 11.5 Å². The van der Waals surface area contributed by atoms with E-state index in [0.29, 0.717) is 33.6 Å². The fourth-order valence-corrected chi connectivity index (χ4v) is 2.63. The molecule has 2 aromatic carbocycles. The lowest BCUT2D eigenvalue weighted by Gasteiger charge is -2.11. The summed E-state index contributed by atoms with van der Waals surface area (Å²) in [6.45, 7) is 0. The van der Waals surface area contributed by atoms with E-state index in [2.05, 4.69) is 15.6 Å². The summed E-state index contributed by atoms with van der Waals surface area (Å²) in [6.07, 6.45) is 1.57. The van der Waals surface area contributed by atoms with Crippen molar-refractivity contribution in [2.45, 2.75) is 0 Å². The van der Waals surface area contributed by atoms with E-state index in [1.807, 2.05) is 12.1 Å². The van der Waals surface area contributed by atoms with Crippen LogP contribution < -0.4 is 20.1 Å². The third-order valence-electron chi connectivity index (χ3n) is 3.76. The number of carbonyl (C=O) groups is 1. The summed E-state index contributed by atoms with van der Waals surface area (Å²) in [5.41, 5.74) is 1.86. The van der Waals surface area contributed by atoms with Crippen LogP contribution in [-0.4, -0.2) is 25.1 Å². The van der Waals surface area contributed by atoms with Crippen molar-refractivity contribution < 1.29 is 14.3 Å². The van der Waals surface area contributed by atoms with Gasteiger partial charge in [-0.05, 0) is 42.5 Å². The molecule has 0 saturated carbocycles. The number of amides is 1. The van der Waals surface area contributed by atoms with E-state index in [1.54, 1.807) is 62.9 Å². The standard InChI is InChI=1S/C20H18ClN3O3/c1-26-17-8-6-15(11-18(17)27-2)23-19-9-7-16(12-22-19)24-20(25)13-4-3-5-14(21)10-13/h3-12H,1-2H3,(H,22,23)(H,24,25). The monoisotopic (exact) mass is 383 g/mol. The largest absolute Gasteiger partial charge is 0.493 e. The molecule has 1 aromatic heterocycles. The molecule has 0 bridgehead atoms. The van der Waals surface area contributed by atoms with Crippen molar-refractivity contribution >= 4 is 34.7 Å². The number of benzene rings is 2. The summed E-state index contributed by atoms with van der Waals surface area (Å²) < 4.78 is 10.5. The Morgan fingerprint density at radius 1 is 0.963 bits per heavy atom. The van der Waals surface area contributed by atoms with Crippen molar-refractivity contribution in [3.63, 3.8) is 0 Å². The summed E-state index contributed by atoms with van der Waals surface area (Å²) in [4.78, 5) is 16.5. The number of rotatable bonds is 6. The molecule has 6 nitrogen and oxygen atoms in total. The number of ether oxygens (including phenoxy) is 2. The average Bonchev–Trinajstić information content (AvgIpc) is 2.69. The molecule has 27 heavy (non-hydrogen) atoms. The molecular formula is C20H18ClN3O3. The molecule has 1 heterocycles. The first-order chi connectivity index (χ1) is 13.1. The Balaban J connectivity index is 1.67. The van der Waals surface area contributed by atoms with Gasteiger partial charge in [0, 0.05) is 22.3 Å². The van der Waals surface area contributed by atoms with Crippen molar-refractivity contribution in [3.05, 3.63) is 71.4 Å². The molecule has 0 aliphatic heterocycles. The van der Waals surface area contributed by atoms with E-state index in [1.165, 1.54) is 0 Å². The predicted molar refractivity (Wildman–Crippen MR) is 106 cm³/mol. The first-order valence-corrected chi connectivity index (χ1v) is 8.49. The Kier molecular flexibility index (Phi) is 5.78. The Labute approximate surface area is 162 Å². The second-order valence-electron chi connectivity index (χ2n) is 5.59. The van der Waals surface area contributed by atoms with E-state index < -0.39 is 0 Å². The molecule has 0 atom stereocenters. The SMILES string of the molecule is COc1ccc(Nc2ccc(NC(=O)c3cccc(Cl)c3)cn2)cc1OC. The van der Waals surface area contributed by atoms with E-state index in [9.17, 15) is 4.79 Å². The fourth-order valence-electron chi connectivity index (χ4n) is 2.44. The van der Waals surface area contributed by atoms with Crippen molar-refractivity contribution in [1.82, 2.24) is 4.98 Å². The molecule has 0 unspecified atom stereocenters. The van der Waals surface area contributed by atoms with Gasteiger partial charge in [-0.15, -0.1) is 0 Å². The van der Waals surface area contributed by atoms with Gasteiger partial charge in [-0.1, -0.05) is 17.7 Å². The van der Waals surface area contributed by atoms with Gasteiger partial charge >= 0.3 is 0 Å². The zero-order valence-corrected chi connectivity index (χ0v) is 15.6. The zero-order chi connectivity index (χ0) is 19.2. The molecule has 7 heteroatoms. The van der Waals surface area contributed by atoms with Crippen molar-refractivity contribution in [2.75, 3.05) is 24.9 Å². The van der Waals surface area contributed by atoms with Crippen LogP contribution in [0, 0.1) is 0 Å². The molecule has 3 aromatic rings. The van der Waals surface area contributed by atoms with Crippen molar-refractivity contribution in [1.29, 1.82) is 0 Å². The van der Waals surface area contributed by atoms with Crippen LogP contribution in [0.2, 0.25) is 5.02 Å². The fraction of sp³-hybridized carbons (Fsp3) is 0.100. The number of nitrogens with one attached hydrogen (secondary N) is 2. The highest BCUT2D eigenvalue weighted by Crippen LogP contribution is 2.30. The number of carbonyl (C=O) groups excluding carboxylic acids is 1. The molecular weight excluding hydrogens is 366 g/mol. The van der Waals surface area contributed by atoms with E-state index in [0.717, 1.165) is 5.69 Å². The second-order valence-corrected chi connectivity index (χ2v) is 6.03. The van der Waals surface area contributed by atoms with E-state index >= 15 is 0 Å². The number of hydrogen-bond acceptors (Lipinski definition) is 5. The van der Waals surface area contributed by atoms with Gasteiger partial charge in [-0.25, -0.2) is 4.98 Å². The normalized spacial score (nSPS) is 10.2. The Hall–Kier alpha value is -3.25. The van der Waals surface area contributed by atoms with Crippen LogP contribution in [0.5, 0.6) is 11.5 Å². The molecule has 0 fully saturated rings. The number of halogens is 1. The zero-order valence-electron chi connectivity index (χ0n) is 14.8. The predicted octanol–water partition coefficient (Wildman–Crippen LogP) is 4.75. The summed E-state index contributed by atoms with van der Waals surface area (Å²) in [6, 6.07) is 15.8. The van der Waals surface area contributed by atoms with Crippen LogP contribution in [0.1, 0.15) is 10.4 Å². The van der Waals surface area contributed by atoms with Crippen LogP contribution in [0.15, 0.2) is 60.8 Å². The third-order valence-corrected chi connectivity index (χ3v) is 4.00. The number of pyridine rings is 1. The summed E-state index contributed by atoms with van der Waals surface area (Å²) in [7, 11) is 3.17. The highest BCUT2D eigenvalue weighted by atomic mass is 35.5. The summed E-state index contributed by atoms with van der Waals surface area (Å²) in [5.74, 6) is 1.64. The first kappa shape index (κ1) is 18.5. The maximum absolute atomic E-state index is 12.2. The van der Waals surface area contributed by atoms with Crippen molar-refractivity contribution in [2.24, 2.45) is 0 Å². The van der Waals surface area contributed by atoms with Crippen LogP contribution in [0.25, 0.3) is 0 Å². The molecule has 0 saturated heterocycles. The van der Waals surface area contributed by atoms with Gasteiger partial charge < -0.3 is 20.1 Å². The molecule has 0 radical (unpaired) electrons. The third kappa shape index (κ3) is 4.68. The van der Waals surface area contributed by atoms with Gasteiger partial charge in [-0.2, -0.15) is 0 Å². The van der Waals surface area contributed by atoms with Gasteiger partial charge in [0.05, 0.1) is 26.1 Å². The lowest BCUT2D eigenvalue weighted by Crippen LogP contribution is -2.12. The first-order valence-electron chi connectivity index (χ1n) is 8.11. The van der Waals surface area contributed by atoms with Gasteiger partial charge in [-0.3, -0.25) is 4.79 Å². The quantitative estimate of drug-likeness (QED) is 0.642. The smallest absolute Gasteiger partial charge is 0.255 e. The number of hydrogen-bond donors (Lipinski definition) is 2. The van der Waals surface area contributed by atoms with Gasteiger partial charge in [0.25, 0.3) is 5.91 Å². The molecule has 0 spiro atoms. The highest BCUT2D eigenvalue weighted by Gasteiger charge is 2.08. The lowest BCUT2D eigenvalue weighted by atomic mass is 10.2. The molecule has 3 rings (SSSR count). The maximum atomic E-state index is 12.2. The van der Waals surface area contributed by atoms with Gasteiger partial charge in [0.1, 0.15) is 5.82 Å². The van der Waals surface area contributed by atoms with Crippen LogP contribution in [0.3, 0.4) is 0 Å². The van der Waals surface area contributed by atoms with E-state index in [4.69, 9.17) is 21.1 Å². The molecule has 0 aliphatic carbocycles. The summed E-state index contributed by atoms with van der Waals surface area (Å²) in [5, 5.41) is 6.47. The molecule has 0 aliphatic rings. The number of aromatic nitrogens is 1. The number of anilines is 3. The number of nitrogens with zero attached hydrogens (tertiary/aromatic N) is 1. The second kappa shape index (κ2) is 8.42. The Morgan fingerprint density at radius 3 is 2.41 bits per heavy atom. The Bertz CT molecular complexity index is 945. The lowest BCUT2D eigenvalue weighted by molar-refractivity contribution is 0.102. The minimum atomic E-state index is -0.250. The van der Waals surface area contributed by atoms with Crippen molar-refractivity contribution in [3.8, 4) is 11.5 Å². The molecule has 2 N–H and O–H groups in total. The maximum Gasteiger partial charge on any atom is 0.255 e. The minimum absolute atomic E-state index is 0.250. The van der Waals surface area contributed by atoms with Crippen LogP contribution in [0.4, 0.5) is 17.2 Å². The van der Waals surface area contributed by atoms with E-state index in [-0.39, 0.29) is 5.91 Å². The number of methoxy groups -OCH3 is 2. The van der Waals surface area contributed by atoms with Crippen LogP contribution >= 0.6 is 11.6 Å². The summed E-state index contributed by atoms with van der Waals surface area (Å²) >= 11 is 5.91.